The molecular formula is C15H23FN2O. The van der Waals surface area contributed by atoms with E-state index in [1.807, 2.05) is 0 Å². The van der Waals surface area contributed by atoms with E-state index in [2.05, 4.69) is 17.1 Å². The lowest BCUT2D eigenvalue weighted by Gasteiger charge is -2.29. The van der Waals surface area contributed by atoms with Gasteiger partial charge in [0.15, 0.2) is 11.6 Å². The maximum absolute atomic E-state index is 13.3. The van der Waals surface area contributed by atoms with Crippen LogP contribution in [0.25, 0.3) is 0 Å². The Morgan fingerprint density at radius 1 is 1.37 bits per heavy atom. The van der Waals surface area contributed by atoms with Crippen molar-refractivity contribution in [3.63, 3.8) is 0 Å². The summed E-state index contributed by atoms with van der Waals surface area (Å²) in [6, 6.07) is 4.66. The smallest absolute Gasteiger partial charge is 0.165 e. The molecule has 2 rings (SSSR count). The maximum Gasteiger partial charge on any atom is 0.165 e. The van der Waals surface area contributed by atoms with Crippen LogP contribution in [0.15, 0.2) is 18.2 Å². The van der Waals surface area contributed by atoms with Gasteiger partial charge in [-0.1, -0.05) is 13.0 Å². The van der Waals surface area contributed by atoms with E-state index in [-0.39, 0.29) is 5.75 Å². The molecule has 19 heavy (non-hydrogen) atoms. The molecule has 4 heteroatoms. The molecule has 0 aromatic heterocycles. The first-order valence-corrected chi connectivity index (χ1v) is 7.09. The number of benzene rings is 1. The van der Waals surface area contributed by atoms with Crippen molar-refractivity contribution in [1.82, 2.24) is 10.2 Å². The van der Waals surface area contributed by atoms with E-state index in [4.69, 9.17) is 0 Å². The molecule has 3 nitrogen and oxygen atoms in total. The van der Waals surface area contributed by atoms with E-state index in [9.17, 15) is 9.50 Å². The van der Waals surface area contributed by atoms with Crippen LogP contribution in [0.3, 0.4) is 0 Å². The molecule has 1 aromatic rings. The van der Waals surface area contributed by atoms with Crippen LogP contribution in [0.2, 0.25) is 0 Å². The van der Waals surface area contributed by atoms with E-state index in [0.717, 1.165) is 44.2 Å². The number of hydrogen-bond donors (Lipinski definition) is 2. The lowest BCUT2D eigenvalue weighted by atomic mass is 9.97. The highest BCUT2D eigenvalue weighted by molar-refractivity contribution is 5.27. The highest BCUT2D eigenvalue weighted by Crippen LogP contribution is 2.19. The molecule has 1 aliphatic heterocycles. The number of rotatable bonds is 5. The zero-order valence-corrected chi connectivity index (χ0v) is 11.5. The molecule has 0 bridgehead atoms. The predicted octanol–water partition coefficient (Wildman–Crippen LogP) is 2.35. The minimum Gasteiger partial charge on any atom is -0.505 e. The quantitative estimate of drug-likeness (QED) is 0.859. The standard InChI is InChI=1S/C15H23FN2O/c1-2-18(10-12-5-7-17-8-6-12)11-13-3-4-15(19)14(16)9-13/h3-4,9,12,17,19H,2,5-8,10-11H2,1H3. The fourth-order valence-electron chi connectivity index (χ4n) is 2.64. The molecule has 0 amide bonds. The molecule has 0 radical (unpaired) electrons. The van der Waals surface area contributed by atoms with Crippen molar-refractivity contribution in [3.05, 3.63) is 29.6 Å². The van der Waals surface area contributed by atoms with E-state index in [1.165, 1.54) is 25.0 Å². The Hall–Kier alpha value is -1.13. The molecule has 1 aliphatic rings. The Balaban J connectivity index is 1.92. The summed E-state index contributed by atoms with van der Waals surface area (Å²) in [4.78, 5) is 2.35. The largest absolute Gasteiger partial charge is 0.505 e. The van der Waals surface area contributed by atoms with Crippen LogP contribution in [0.5, 0.6) is 5.75 Å². The zero-order chi connectivity index (χ0) is 13.7. The molecule has 1 aromatic carbocycles. The summed E-state index contributed by atoms with van der Waals surface area (Å²) < 4.78 is 13.3. The number of nitrogens with zero attached hydrogens (tertiary/aromatic N) is 1. The van der Waals surface area contributed by atoms with Crippen LogP contribution in [0.1, 0.15) is 25.3 Å². The van der Waals surface area contributed by atoms with Crippen LogP contribution >= 0.6 is 0 Å². The summed E-state index contributed by atoms with van der Waals surface area (Å²) in [5.74, 6) is -0.0660. The summed E-state index contributed by atoms with van der Waals surface area (Å²) in [6.07, 6.45) is 2.45. The second-order valence-corrected chi connectivity index (χ2v) is 5.31. The van der Waals surface area contributed by atoms with E-state index >= 15 is 0 Å². The Morgan fingerprint density at radius 3 is 2.74 bits per heavy atom. The summed E-state index contributed by atoms with van der Waals surface area (Å²) in [5, 5.41) is 12.6. The molecule has 0 spiro atoms. The van der Waals surface area contributed by atoms with E-state index < -0.39 is 5.82 Å². The Labute approximate surface area is 114 Å². The van der Waals surface area contributed by atoms with Gasteiger partial charge in [-0.3, -0.25) is 4.90 Å². The van der Waals surface area contributed by atoms with Crippen molar-refractivity contribution >= 4 is 0 Å². The summed E-state index contributed by atoms with van der Waals surface area (Å²) in [7, 11) is 0. The molecule has 1 heterocycles. The van der Waals surface area contributed by atoms with Crippen LogP contribution in [0.4, 0.5) is 4.39 Å². The number of nitrogens with one attached hydrogen (secondary N) is 1. The first kappa shape index (κ1) is 14.3. The zero-order valence-electron chi connectivity index (χ0n) is 11.5. The lowest BCUT2D eigenvalue weighted by Crippen LogP contribution is -2.35. The Morgan fingerprint density at radius 2 is 2.11 bits per heavy atom. The molecule has 2 N–H and O–H groups in total. The number of halogens is 1. The summed E-state index contributed by atoms with van der Waals surface area (Å²) >= 11 is 0. The van der Waals surface area contributed by atoms with Gasteiger partial charge in [0, 0.05) is 13.1 Å². The monoisotopic (exact) mass is 266 g/mol. The third-order valence-corrected chi connectivity index (χ3v) is 3.84. The molecule has 1 saturated heterocycles. The van der Waals surface area contributed by atoms with Gasteiger partial charge in [-0.15, -0.1) is 0 Å². The third-order valence-electron chi connectivity index (χ3n) is 3.84. The van der Waals surface area contributed by atoms with Gasteiger partial charge < -0.3 is 10.4 Å². The number of aromatic hydroxyl groups is 1. The predicted molar refractivity (Wildman–Crippen MR) is 74.6 cm³/mol. The second-order valence-electron chi connectivity index (χ2n) is 5.31. The molecule has 1 fully saturated rings. The second kappa shape index (κ2) is 6.87. The molecule has 106 valence electrons. The van der Waals surface area contributed by atoms with Gasteiger partial charge in [-0.2, -0.15) is 0 Å². The van der Waals surface area contributed by atoms with E-state index in [0.29, 0.717) is 0 Å². The van der Waals surface area contributed by atoms with Gasteiger partial charge in [0.1, 0.15) is 0 Å². The highest BCUT2D eigenvalue weighted by atomic mass is 19.1. The third kappa shape index (κ3) is 4.18. The van der Waals surface area contributed by atoms with Crippen LogP contribution in [-0.2, 0) is 6.54 Å². The highest BCUT2D eigenvalue weighted by Gasteiger charge is 2.16. The minimum atomic E-state index is -0.532. The van der Waals surface area contributed by atoms with Crippen LogP contribution < -0.4 is 5.32 Å². The first-order chi connectivity index (χ1) is 9.19. The van der Waals surface area contributed by atoms with Crippen molar-refractivity contribution in [3.8, 4) is 5.75 Å². The molecule has 0 saturated carbocycles. The summed E-state index contributed by atoms with van der Waals surface area (Å²) in [6.45, 7) is 7.13. The Kier molecular flexibility index (Phi) is 5.16. The van der Waals surface area contributed by atoms with Gasteiger partial charge in [-0.05, 0) is 56.1 Å². The van der Waals surface area contributed by atoms with Crippen LogP contribution in [-0.4, -0.2) is 36.2 Å². The fraction of sp³-hybridized carbons (Fsp3) is 0.600. The van der Waals surface area contributed by atoms with E-state index in [1.54, 1.807) is 6.07 Å². The average Bonchev–Trinajstić information content (AvgIpc) is 2.43. The van der Waals surface area contributed by atoms with Gasteiger partial charge in [-0.25, -0.2) is 4.39 Å². The first-order valence-electron chi connectivity index (χ1n) is 7.09. The number of hydrogen-bond acceptors (Lipinski definition) is 3. The van der Waals surface area contributed by atoms with Crippen molar-refractivity contribution in [1.29, 1.82) is 0 Å². The SMILES string of the molecule is CCN(Cc1ccc(O)c(F)c1)CC1CCNCC1. The molecule has 0 atom stereocenters. The van der Waals surface area contributed by atoms with Crippen molar-refractivity contribution < 1.29 is 9.50 Å². The van der Waals surface area contributed by atoms with Gasteiger partial charge in [0.05, 0.1) is 0 Å². The maximum atomic E-state index is 13.3. The fourth-order valence-corrected chi connectivity index (χ4v) is 2.64. The topological polar surface area (TPSA) is 35.5 Å². The minimum absolute atomic E-state index is 0.273. The average molecular weight is 266 g/mol. The van der Waals surface area contributed by atoms with Gasteiger partial charge in [0.2, 0.25) is 0 Å². The van der Waals surface area contributed by atoms with Crippen molar-refractivity contribution in [2.45, 2.75) is 26.3 Å². The lowest BCUT2D eigenvalue weighted by molar-refractivity contribution is 0.207. The number of phenolic OH excluding ortho intramolecular Hbond substituents is 1. The van der Waals surface area contributed by atoms with Crippen molar-refractivity contribution in [2.75, 3.05) is 26.2 Å². The molecule has 0 aliphatic carbocycles. The molecule has 0 unspecified atom stereocenters. The number of piperidine rings is 1. The van der Waals surface area contributed by atoms with Gasteiger partial charge in [0.25, 0.3) is 0 Å². The van der Waals surface area contributed by atoms with Crippen molar-refractivity contribution in [2.24, 2.45) is 5.92 Å². The number of phenols is 1. The van der Waals surface area contributed by atoms with Gasteiger partial charge >= 0.3 is 0 Å². The summed E-state index contributed by atoms with van der Waals surface area (Å²) in [5.41, 5.74) is 0.922. The Bertz CT molecular complexity index is 405. The normalized spacial score (nSPS) is 17.0. The molecular weight excluding hydrogens is 243 g/mol. The van der Waals surface area contributed by atoms with Crippen LogP contribution in [0, 0.1) is 11.7 Å².